The van der Waals surface area contributed by atoms with Gasteiger partial charge in [0, 0.05) is 31.4 Å². The van der Waals surface area contributed by atoms with Gasteiger partial charge in [-0.1, -0.05) is 6.07 Å². The molecule has 2 aliphatic rings. The maximum atomic E-state index is 12.4. The van der Waals surface area contributed by atoms with E-state index in [1.165, 1.54) is 0 Å². The Morgan fingerprint density at radius 1 is 1.25 bits per heavy atom. The molecule has 5 nitrogen and oxygen atoms in total. The quantitative estimate of drug-likeness (QED) is 0.820. The lowest BCUT2D eigenvalue weighted by molar-refractivity contribution is -0.157. The van der Waals surface area contributed by atoms with Crippen molar-refractivity contribution in [2.24, 2.45) is 0 Å². The molecule has 2 amide bonds. The van der Waals surface area contributed by atoms with Crippen LogP contribution in [0, 0.1) is 0 Å². The first-order valence-corrected chi connectivity index (χ1v) is 7.24. The topological polar surface area (TPSA) is 53.5 Å². The molecule has 3 rings (SSSR count). The lowest BCUT2D eigenvalue weighted by Crippen LogP contribution is -2.61. The van der Waals surface area contributed by atoms with Crippen molar-refractivity contribution in [2.75, 3.05) is 19.6 Å². The monoisotopic (exact) mass is 273 g/mol. The van der Waals surface area contributed by atoms with E-state index in [4.69, 9.17) is 0 Å². The summed E-state index contributed by atoms with van der Waals surface area (Å²) in [5.41, 5.74) is 0.957. The van der Waals surface area contributed by atoms with E-state index in [1.54, 1.807) is 16.0 Å². The number of hydrogen-bond donors (Lipinski definition) is 0. The Hall–Kier alpha value is -1.91. The number of amides is 2. The van der Waals surface area contributed by atoms with Crippen molar-refractivity contribution in [3.8, 4) is 0 Å². The third-order valence-corrected chi connectivity index (χ3v) is 4.11. The smallest absolute Gasteiger partial charge is 0.245 e. The van der Waals surface area contributed by atoms with Crippen LogP contribution < -0.4 is 0 Å². The van der Waals surface area contributed by atoms with Gasteiger partial charge in [-0.2, -0.15) is 0 Å². The van der Waals surface area contributed by atoms with E-state index in [-0.39, 0.29) is 24.4 Å². The first-order valence-electron chi connectivity index (χ1n) is 7.24. The van der Waals surface area contributed by atoms with Crippen molar-refractivity contribution in [3.05, 3.63) is 30.1 Å². The zero-order chi connectivity index (χ0) is 13.9. The van der Waals surface area contributed by atoms with E-state index >= 15 is 0 Å². The van der Waals surface area contributed by atoms with Gasteiger partial charge in [0.15, 0.2) is 0 Å². The van der Waals surface area contributed by atoms with Gasteiger partial charge >= 0.3 is 0 Å². The summed E-state index contributed by atoms with van der Waals surface area (Å²) in [7, 11) is 0. The molecule has 0 saturated carbocycles. The average Bonchev–Trinajstić information content (AvgIpc) is 2.50. The molecular weight excluding hydrogens is 254 g/mol. The Balaban J connectivity index is 1.65. The van der Waals surface area contributed by atoms with Crippen LogP contribution in [0.2, 0.25) is 0 Å². The zero-order valence-electron chi connectivity index (χ0n) is 11.5. The van der Waals surface area contributed by atoms with Crippen LogP contribution in [0.1, 0.15) is 25.0 Å². The van der Waals surface area contributed by atoms with Crippen molar-refractivity contribution >= 4 is 11.8 Å². The van der Waals surface area contributed by atoms with Crippen molar-refractivity contribution in [1.29, 1.82) is 0 Å². The van der Waals surface area contributed by atoms with Crippen LogP contribution >= 0.6 is 0 Å². The van der Waals surface area contributed by atoms with Gasteiger partial charge in [0.1, 0.15) is 6.04 Å². The van der Waals surface area contributed by atoms with Gasteiger partial charge in [-0.05, 0) is 31.4 Å². The minimum Gasteiger partial charge on any atom is -0.331 e. The van der Waals surface area contributed by atoms with E-state index in [1.807, 2.05) is 18.2 Å². The van der Waals surface area contributed by atoms with E-state index in [2.05, 4.69) is 4.98 Å². The van der Waals surface area contributed by atoms with Gasteiger partial charge in [0.2, 0.25) is 11.8 Å². The molecule has 2 fully saturated rings. The lowest BCUT2D eigenvalue weighted by Gasteiger charge is -2.42. The number of carbonyl (C=O) groups excluding carboxylic acids is 2. The van der Waals surface area contributed by atoms with Crippen molar-refractivity contribution in [3.63, 3.8) is 0 Å². The third kappa shape index (κ3) is 2.53. The Labute approximate surface area is 118 Å². The summed E-state index contributed by atoms with van der Waals surface area (Å²) in [4.78, 5) is 32.3. The van der Waals surface area contributed by atoms with Crippen LogP contribution in [0.4, 0.5) is 0 Å². The standard InChI is InChI=1S/C15H19N3O2/c19-14-11-17(10-7-12-5-1-3-8-16-12)15(20)13-6-2-4-9-18(13)14/h1,3,5,8,13H,2,4,6-7,9-11H2. The maximum absolute atomic E-state index is 12.4. The van der Waals surface area contributed by atoms with E-state index in [9.17, 15) is 9.59 Å². The summed E-state index contributed by atoms with van der Waals surface area (Å²) in [5, 5.41) is 0. The minimum absolute atomic E-state index is 0.0929. The molecule has 1 unspecified atom stereocenters. The molecule has 0 N–H and O–H groups in total. The van der Waals surface area contributed by atoms with Crippen LogP contribution in [0.25, 0.3) is 0 Å². The normalized spacial score (nSPS) is 22.9. The van der Waals surface area contributed by atoms with E-state index < -0.39 is 0 Å². The Morgan fingerprint density at radius 2 is 2.15 bits per heavy atom. The van der Waals surface area contributed by atoms with Crippen LogP contribution in [-0.2, 0) is 16.0 Å². The van der Waals surface area contributed by atoms with Gasteiger partial charge in [-0.3, -0.25) is 14.6 Å². The van der Waals surface area contributed by atoms with Crippen LogP contribution in [0.15, 0.2) is 24.4 Å². The molecule has 1 atom stereocenters. The molecule has 106 valence electrons. The summed E-state index contributed by atoms with van der Waals surface area (Å²) >= 11 is 0. The number of hydrogen-bond acceptors (Lipinski definition) is 3. The molecule has 0 radical (unpaired) electrons. The second-order valence-electron chi connectivity index (χ2n) is 5.43. The summed E-state index contributed by atoms with van der Waals surface area (Å²) in [6.07, 6.45) is 5.32. The summed E-state index contributed by atoms with van der Waals surface area (Å²) < 4.78 is 0. The highest BCUT2D eigenvalue weighted by atomic mass is 16.2. The fraction of sp³-hybridized carbons (Fsp3) is 0.533. The number of aromatic nitrogens is 1. The maximum Gasteiger partial charge on any atom is 0.245 e. The molecule has 0 aromatic carbocycles. The lowest BCUT2D eigenvalue weighted by atomic mass is 9.98. The highest BCUT2D eigenvalue weighted by Crippen LogP contribution is 2.23. The molecule has 1 aromatic heterocycles. The zero-order valence-corrected chi connectivity index (χ0v) is 11.5. The first-order chi connectivity index (χ1) is 9.75. The highest BCUT2D eigenvalue weighted by molar-refractivity contribution is 5.95. The molecule has 2 aliphatic heterocycles. The summed E-state index contributed by atoms with van der Waals surface area (Å²) in [6, 6.07) is 5.55. The minimum atomic E-state index is -0.214. The Bertz CT molecular complexity index is 503. The molecule has 0 bridgehead atoms. The number of fused-ring (bicyclic) bond motifs is 1. The summed E-state index contributed by atoms with van der Waals surface area (Å²) in [5.74, 6) is 0.204. The van der Waals surface area contributed by atoms with Gasteiger partial charge in [0.25, 0.3) is 0 Å². The molecule has 20 heavy (non-hydrogen) atoms. The number of carbonyl (C=O) groups is 2. The number of pyridine rings is 1. The van der Waals surface area contributed by atoms with Crippen LogP contribution in [0.5, 0.6) is 0 Å². The number of rotatable bonds is 3. The van der Waals surface area contributed by atoms with E-state index in [0.717, 1.165) is 31.5 Å². The average molecular weight is 273 g/mol. The second kappa shape index (κ2) is 5.61. The first kappa shape index (κ1) is 13.1. The predicted molar refractivity (Wildman–Crippen MR) is 73.9 cm³/mol. The fourth-order valence-electron chi connectivity index (χ4n) is 3.01. The highest BCUT2D eigenvalue weighted by Gasteiger charge is 2.39. The fourth-order valence-corrected chi connectivity index (χ4v) is 3.01. The molecular formula is C15H19N3O2. The van der Waals surface area contributed by atoms with Crippen molar-refractivity contribution in [1.82, 2.24) is 14.8 Å². The Morgan fingerprint density at radius 3 is 2.95 bits per heavy atom. The molecule has 2 saturated heterocycles. The van der Waals surface area contributed by atoms with Crippen LogP contribution in [0.3, 0.4) is 0 Å². The largest absolute Gasteiger partial charge is 0.331 e. The molecule has 0 spiro atoms. The summed E-state index contributed by atoms with van der Waals surface area (Å²) in [6.45, 7) is 1.54. The second-order valence-corrected chi connectivity index (χ2v) is 5.43. The Kier molecular flexibility index (Phi) is 3.67. The molecule has 3 heterocycles. The molecule has 0 aliphatic carbocycles. The van der Waals surface area contributed by atoms with Crippen molar-refractivity contribution < 1.29 is 9.59 Å². The van der Waals surface area contributed by atoms with Crippen LogP contribution in [-0.4, -0.2) is 52.3 Å². The van der Waals surface area contributed by atoms with Gasteiger partial charge in [-0.25, -0.2) is 0 Å². The number of nitrogens with zero attached hydrogens (tertiary/aromatic N) is 3. The van der Waals surface area contributed by atoms with Gasteiger partial charge < -0.3 is 9.80 Å². The van der Waals surface area contributed by atoms with Crippen molar-refractivity contribution in [2.45, 2.75) is 31.7 Å². The number of piperidine rings is 1. The van der Waals surface area contributed by atoms with E-state index in [0.29, 0.717) is 13.0 Å². The molecule has 1 aromatic rings. The molecule has 5 heteroatoms. The third-order valence-electron chi connectivity index (χ3n) is 4.11. The van der Waals surface area contributed by atoms with Gasteiger partial charge in [0.05, 0.1) is 6.54 Å². The SMILES string of the molecule is O=C1C2CCCCN2C(=O)CN1CCc1ccccn1. The predicted octanol–water partition coefficient (Wildman–Crippen LogP) is 0.847. The number of piperazine rings is 1. The van der Waals surface area contributed by atoms with Gasteiger partial charge in [-0.15, -0.1) is 0 Å².